The molecule has 2 aliphatic carbocycles. The first kappa shape index (κ1) is 12.9. The average molecular weight is 240 g/mol. The van der Waals surface area contributed by atoms with Crippen LogP contribution >= 0.6 is 0 Å². The lowest BCUT2D eigenvalue weighted by atomic mass is 9.65. The SMILES string of the molecule is CCOC(=O)CC1(O)CCC2CCCCC2C1. The summed E-state index contributed by atoms with van der Waals surface area (Å²) in [6.07, 6.45) is 8.03. The molecule has 0 heterocycles. The quantitative estimate of drug-likeness (QED) is 0.771. The zero-order valence-corrected chi connectivity index (χ0v) is 10.8. The van der Waals surface area contributed by atoms with Crippen molar-refractivity contribution in [1.82, 2.24) is 0 Å². The van der Waals surface area contributed by atoms with Crippen LogP contribution in [0.5, 0.6) is 0 Å². The molecule has 0 saturated heterocycles. The van der Waals surface area contributed by atoms with E-state index in [2.05, 4.69) is 0 Å². The van der Waals surface area contributed by atoms with Crippen LogP contribution in [0.1, 0.15) is 58.3 Å². The predicted molar refractivity (Wildman–Crippen MR) is 65.5 cm³/mol. The number of rotatable bonds is 3. The van der Waals surface area contributed by atoms with Crippen molar-refractivity contribution in [3.8, 4) is 0 Å². The van der Waals surface area contributed by atoms with Crippen molar-refractivity contribution in [2.75, 3.05) is 6.61 Å². The van der Waals surface area contributed by atoms with Crippen molar-refractivity contribution in [2.45, 2.75) is 63.9 Å². The predicted octanol–water partition coefficient (Wildman–Crippen LogP) is 2.66. The zero-order chi connectivity index (χ0) is 12.3. The molecule has 2 saturated carbocycles. The minimum Gasteiger partial charge on any atom is -0.466 e. The maximum Gasteiger partial charge on any atom is 0.308 e. The van der Waals surface area contributed by atoms with Crippen molar-refractivity contribution >= 4 is 5.97 Å². The third-order valence-electron chi connectivity index (χ3n) is 4.47. The van der Waals surface area contributed by atoms with Crippen LogP contribution in [0, 0.1) is 11.8 Å². The van der Waals surface area contributed by atoms with Crippen LogP contribution in [-0.2, 0) is 9.53 Å². The van der Waals surface area contributed by atoms with Gasteiger partial charge in [-0.3, -0.25) is 4.79 Å². The van der Waals surface area contributed by atoms with E-state index in [9.17, 15) is 9.90 Å². The minimum atomic E-state index is -0.787. The highest BCUT2D eigenvalue weighted by atomic mass is 16.5. The number of fused-ring (bicyclic) bond motifs is 1. The van der Waals surface area contributed by atoms with E-state index in [0.29, 0.717) is 12.5 Å². The van der Waals surface area contributed by atoms with Crippen LogP contribution in [0.15, 0.2) is 0 Å². The van der Waals surface area contributed by atoms with Gasteiger partial charge in [0.05, 0.1) is 18.6 Å². The summed E-state index contributed by atoms with van der Waals surface area (Å²) in [4.78, 5) is 11.5. The van der Waals surface area contributed by atoms with Crippen molar-refractivity contribution in [3.05, 3.63) is 0 Å². The molecule has 3 unspecified atom stereocenters. The molecule has 17 heavy (non-hydrogen) atoms. The van der Waals surface area contributed by atoms with Gasteiger partial charge in [-0.25, -0.2) is 0 Å². The molecule has 3 heteroatoms. The summed E-state index contributed by atoms with van der Waals surface area (Å²) in [5.41, 5.74) is -0.787. The Morgan fingerprint density at radius 1 is 1.29 bits per heavy atom. The lowest BCUT2D eigenvalue weighted by molar-refractivity contribution is -0.152. The standard InChI is InChI=1S/C14H24O3/c1-2-17-13(15)10-14(16)8-7-11-5-3-4-6-12(11)9-14/h11-12,16H,2-10H2,1H3. The van der Waals surface area contributed by atoms with Gasteiger partial charge in [0, 0.05) is 0 Å². The molecule has 0 aromatic carbocycles. The van der Waals surface area contributed by atoms with Crippen LogP contribution in [0.3, 0.4) is 0 Å². The van der Waals surface area contributed by atoms with Gasteiger partial charge in [0.25, 0.3) is 0 Å². The lowest BCUT2D eigenvalue weighted by Gasteiger charge is -2.43. The van der Waals surface area contributed by atoms with Gasteiger partial charge in [0.1, 0.15) is 0 Å². The molecule has 2 fully saturated rings. The average Bonchev–Trinajstić information content (AvgIpc) is 2.28. The molecular weight excluding hydrogens is 216 g/mol. The maximum atomic E-state index is 11.5. The number of carbonyl (C=O) groups excluding carboxylic acids is 1. The first-order chi connectivity index (χ1) is 8.13. The van der Waals surface area contributed by atoms with Crippen molar-refractivity contribution in [3.63, 3.8) is 0 Å². The summed E-state index contributed by atoms with van der Waals surface area (Å²) in [6.45, 7) is 2.21. The third-order valence-corrected chi connectivity index (χ3v) is 4.47. The second-order valence-electron chi connectivity index (χ2n) is 5.75. The van der Waals surface area contributed by atoms with Gasteiger partial charge >= 0.3 is 5.97 Å². The summed E-state index contributed by atoms with van der Waals surface area (Å²) in [5, 5.41) is 10.5. The van der Waals surface area contributed by atoms with Crippen LogP contribution < -0.4 is 0 Å². The highest BCUT2D eigenvalue weighted by Crippen LogP contribution is 2.45. The fourth-order valence-electron chi connectivity index (χ4n) is 3.62. The van der Waals surface area contributed by atoms with E-state index in [4.69, 9.17) is 4.74 Å². The van der Waals surface area contributed by atoms with E-state index in [1.165, 1.54) is 25.7 Å². The molecule has 0 aliphatic heterocycles. The number of hydrogen-bond donors (Lipinski definition) is 1. The summed E-state index contributed by atoms with van der Waals surface area (Å²) < 4.78 is 4.95. The molecule has 0 spiro atoms. The fourth-order valence-corrected chi connectivity index (χ4v) is 3.62. The molecule has 2 rings (SSSR count). The Hall–Kier alpha value is -0.570. The minimum absolute atomic E-state index is 0.185. The number of aliphatic hydroxyl groups is 1. The van der Waals surface area contributed by atoms with Gasteiger partial charge in [-0.05, 0) is 38.0 Å². The number of carbonyl (C=O) groups is 1. The summed E-state index contributed by atoms with van der Waals surface area (Å²) in [6, 6.07) is 0. The Balaban J connectivity index is 1.90. The molecule has 0 bridgehead atoms. The summed E-state index contributed by atoms with van der Waals surface area (Å²) in [7, 11) is 0. The molecular formula is C14H24O3. The molecule has 98 valence electrons. The highest BCUT2D eigenvalue weighted by Gasteiger charge is 2.41. The molecule has 3 nitrogen and oxygen atoms in total. The van der Waals surface area contributed by atoms with Crippen molar-refractivity contribution in [2.24, 2.45) is 11.8 Å². The second-order valence-corrected chi connectivity index (χ2v) is 5.75. The number of hydrogen-bond acceptors (Lipinski definition) is 3. The summed E-state index contributed by atoms with van der Waals surface area (Å²) in [5.74, 6) is 1.19. The molecule has 0 aromatic heterocycles. The third kappa shape index (κ3) is 3.21. The monoisotopic (exact) mass is 240 g/mol. The Kier molecular flexibility index (Phi) is 4.08. The van der Waals surface area contributed by atoms with Gasteiger partial charge in [0.2, 0.25) is 0 Å². The summed E-state index contributed by atoms with van der Waals surface area (Å²) >= 11 is 0. The van der Waals surface area contributed by atoms with Gasteiger partial charge < -0.3 is 9.84 Å². The highest BCUT2D eigenvalue weighted by molar-refractivity contribution is 5.70. The molecule has 3 atom stereocenters. The van der Waals surface area contributed by atoms with E-state index in [1.54, 1.807) is 6.92 Å². The van der Waals surface area contributed by atoms with E-state index in [-0.39, 0.29) is 12.4 Å². The van der Waals surface area contributed by atoms with Gasteiger partial charge in [0.15, 0.2) is 0 Å². The Bertz CT molecular complexity index is 277. The van der Waals surface area contributed by atoms with Crippen LogP contribution in [0.25, 0.3) is 0 Å². The van der Waals surface area contributed by atoms with Crippen molar-refractivity contribution in [1.29, 1.82) is 0 Å². The van der Waals surface area contributed by atoms with E-state index >= 15 is 0 Å². The first-order valence-corrected chi connectivity index (χ1v) is 7.01. The van der Waals surface area contributed by atoms with Crippen LogP contribution in [-0.4, -0.2) is 23.3 Å². The van der Waals surface area contributed by atoms with E-state index in [0.717, 1.165) is 25.2 Å². The number of esters is 1. The smallest absolute Gasteiger partial charge is 0.308 e. The Morgan fingerprint density at radius 3 is 2.71 bits per heavy atom. The molecule has 0 aromatic rings. The van der Waals surface area contributed by atoms with Gasteiger partial charge in [-0.2, -0.15) is 0 Å². The Labute approximate surface area is 104 Å². The van der Waals surface area contributed by atoms with Crippen LogP contribution in [0.4, 0.5) is 0 Å². The zero-order valence-electron chi connectivity index (χ0n) is 10.8. The van der Waals surface area contributed by atoms with Gasteiger partial charge in [-0.1, -0.05) is 25.7 Å². The second kappa shape index (κ2) is 5.38. The number of ether oxygens (including phenoxy) is 1. The largest absolute Gasteiger partial charge is 0.466 e. The Morgan fingerprint density at radius 2 is 2.00 bits per heavy atom. The van der Waals surface area contributed by atoms with Gasteiger partial charge in [-0.15, -0.1) is 0 Å². The first-order valence-electron chi connectivity index (χ1n) is 7.01. The maximum absolute atomic E-state index is 11.5. The molecule has 0 radical (unpaired) electrons. The molecule has 0 amide bonds. The van der Waals surface area contributed by atoms with E-state index in [1.807, 2.05) is 0 Å². The topological polar surface area (TPSA) is 46.5 Å². The lowest BCUT2D eigenvalue weighted by Crippen LogP contribution is -2.42. The molecule has 1 N–H and O–H groups in total. The van der Waals surface area contributed by atoms with Crippen molar-refractivity contribution < 1.29 is 14.6 Å². The van der Waals surface area contributed by atoms with Crippen LogP contribution in [0.2, 0.25) is 0 Å². The molecule has 2 aliphatic rings. The van der Waals surface area contributed by atoms with E-state index < -0.39 is 5.60 Å². The normalized spacial score (nSPS) is 37.3. The fraction of sp³-hybridized carbons (Fsp3) is 0.929.